The van der Waals surface area contributed by atoms with E-state index in [0.717, 1.165) is 12.8 Å². The van der Waals surface area contributed by atoms with E-state index in [1.54, 1.807) is 24.3 Å². The summed E-state index contributed by atoms with van der Waals surface area (Å²) in [6.45, 7) is 0. The number of carbonyl (C=O) groups excluding carboxylic acids is 3. The van der Waals surface area contributed by atoms with Crippen LogP contribution in [0.3, 0.4) is 0 Å². The van der Waals surface area contributed by atoms with Crippen molar-refractivity contribution in [2.24, 2.45) is 0 Å². The first-order valence-corrected chi connectivity index (χ1v) is 8.73. The molecule has 2 aromatic carbocycles. The van der Waals surface area contributed by atoms with Crippen molar-refractivity contribution in [1.82, 2.24) is 10.7 Å². The number of anilines is 1. The number of fused-ring (bicyclic) bond motifs is 1. The van der Waals surface area contributed by atoms with Crippen LogP contribution in [0.2, 0.25) is 0 Å². The van der Waals surface area contributed by atoms with Gasteiger partial charge in [0.05, 0.1) is 11.7 Å². The number of hydrazine groups is 1. The van der Waals surface area contributed by atoms with Gasteiger partial charge in [-0.15, -0.1) is 0 Å². The van der Waals surface area contributed by atoms with Gasteiger partial charge in [0.15, 0.2) is 0 Å². The predicted molar refractivity (Wildman–Crippen MR) is 96.3 cm³/mol. The fourth-order valence-corrected chi connectivity index (χ4v) is 3.49. The SMILES string of the molecule is O=C1CCC(=O)N(c2ccc(C(=O)N[C@H]3CCc4ccccc43)cc2)N1. The molecule has 6 heteroatoms. The maximum Gasteiger partial charge on any atom is 0.251 e. The first-order valence-electron chi connectivity index (χ1n) is 8.73. The zero-order valence-corrected chi connectivity index (χ0v) is 14.2. The average molecular weight is 349 g/mol. The summed E-state index contributed by atoms with van der Waals surface area (Å²) in [5.74, 6) is -0.497. The Morgan fingerprint density at radius 1 is 1.00 bits per heavy atom. The van der Waals surface area contributed by atoms with Crippen molar-refractivity contribution in [1.29, 1.82) is 0 Å². The molecule has 1 aliphatic carbocycles. The molecule has 1 saturated heterocycles. The van der Waals surface area contributed by atoms with Crippen LogP contribution in [0, 0.1) is 0 Å². The van der Waals surface area contributed by atoms with Gasteiger partial charge in [-0.05, 0) is 48.2 Å². The fourth-order valence-electron chi connectivity index (χ4n) is 3.49. The van der Waals surface area contributed by atoms with E-state index < -0.39 is 0 Å². The molecule has 132 valence electrons. The van der Waals surface area contributed by atoms with E-state index in [2.05, 4.69) is 22.9 Å². The lowest BCUT2D eigenvalue weighted by atomic mass is 10.1. The van der Waals surface area contributed by atoms with Crippen molar-refractivity contribution >= 4 is 23.4 Å². The highest BCUT2D eigenvalue weighted by atomic mass is 16.2. The summed E-state index contributed by atoms with van der Waals surface area (Å²) in [4.78, 5) is 36.0. The Morgan fingerprint density at radius 2 is 1.77 bits per heavy atom. The van der Waals surface area contributed by atoms with Crippen molar-refractivity contribution in [2.75, 3.05) is 5.01 Å². The van der Waals surface area contributed by atoms with E-state index in [0.29, 0.717) is 11.3 Å². The highest BCUT2D eigenvalue weighted by Crippen LogP contribution is 2.31. The van der Waals surface area contributed by atoms with E-state index >= 15 is 0 Å². The van der Waals surface area contributed by atoms with Crippen LogP contribution in [0.1, 0.15) is 46.8 Å². The van der Waals surface area contributed by atoms with Crippen LogP contribution in [0.5, 0.6) is 0 Å². The van der Waals surface area contributed by atoms with Gasteiger partial charge in [0.2, 0.25) is 11.8 Å². The van der Waals surface area contributed by atoms with Crippen molar-refractivity contribution in [3.05, 3.63) is 65.2 Å². The summed E-state index contributed by atoms with van der Waals surface area (Å²) in [6, 6.07) is 14.9. The van der Waals surface area contributed by atoms with E-state index in [4.69, 9.17) is 0 Å². The third-order valence-electron chi connectivity index (χ3n) is 4.88. The molecule has 1 aliphatic heterocycles. The summed E-state index contributed by atoms with van der Waals surface area (Å²) in [7, 11) is 0. The van der Waals surface area contributed by atoms with Crippen molar-refractivity contribution < 1.29 is 14.4 Å². The monoisotopic (exact) mass is 349 g/mol. The van der Waals surface area contributed by atoms with Gasteiger partial charge in [0, 0.05) is 18.4 Å². The summed E-state index contributed by atoms with van der Waals surface area (Å²) in [5, 5.41) is 4.31. The minimum absolute atomic E-state index is 0.0290. The molecule has 4 rings (SSSR count). The van der Waals surface area contributed by atoms with E-state index in [1.807, 2.05) is 12.1 Å². The number of hydrogen-bond acceptors (Lipinski definition) is 3. The van der Waals surface area contributed by atoms with Crippen LogP contribution in [0.4, 0.5) is 5.69 Å². The van der Waals surface area contributed by atoms with Crippen LogP contribution in [-0.2, 0) is 16.0 Å². The molecule has 0 radical (unpaired) electrons. The first-order chi connectivity index (χ1) is 12.6. The number of rotatable bonds is 3. The van der Waals surface area contributed by atoms with Crippen molar-refractivity contribution in [3.63, 3.8) is 0 Å². The summed E-state index contributed by atoms with van der Waals surface area (Å²) < 4.78 is 0. The van der Waals surface area contributed by atoms with Gasteiger partial charge < -0.3 is 5.32 Å². The lowest BCUT2D eigenvalue weighted by Crippen LogP contribution is -2.50. The third kappa shape index (κ3) is 3.06. The molecule has 2 aliphatic rings. The quantitative estimate of drug-likeness (QED) is 0.892. The molecule has 2 N–H and O–H groups in total. The Hall–Kier alpha value is -3.15. The highest BCUT2D eigenvalue weighted by Gasteiger charge is 2.26. The Morgan fingerprint density at radius 3 is 2.58 bits per heavy atom. The number of nitrogens with zero attached hydrogens (tertiary/aromatic N) is 1. The number of aryl methyl sites for hydroxylation is 1. The van der Waals surface area contributed by atoms with Gasteiger partial charge in [-0.1, -0.05) is 24.3 Å². The van der Waals surface area contributed by atoms with Crippen LogP contribution >= 0.6 is 0 Å². The minimum atomic E-state index is -0.189. The molecule has 1 fully saturated rings. The minimum Gasteiger partial charge on any atom is -0.345 e. The number of hydrogen-bond donors (Lipinski definition) is 2. The topological polar surface area (TPSA) is 78.5 Å². The van der Waals surface area contributed by atoms with Crippen LogP contribution in [-0.4, -0.2) is 17.7 Å². The maximum atomic E-state index is 12.6. The Balaban J connectivity index is 1.46. The largest absolute Gasteiger partial charge is 0.345 e. The Kier molecular flexibility index (Phi) is 4.16. The van der Waals surface area contributed by atoms with E-state index in [1.165, 1.54) is 16.1 Å². The molecule has 0 aromatic heterocycles. The second-order valence-corrected chi connectivity index (χ2v) is 6.57. The van der Waals surface area contributed by atoms with Crippen molar-refractivity contribution in [3.8, 4) is 0 Å². The lowest BCUT2D eigenvalue weighted by Gasteiger charge is -2.27. The molecular formula is C20H19N3O3. The predicted octanol–water partition coefficient (Wildman–Crippen LogP) is 2.26. The van der Waals surface area contributed by atoms with Crippen LogP contribution < -0.4 is 15.8 Å². The van der Waals surface area contributed by atoms with Gasteiger partial charge in [0.1, 0.15) is 0 Å². The molecule has 1 heterocycles. The Bertz CT molecular complexity index is 876. The van der Waals surface area contributed by atoms with Crippen LogP contribution in [0.15, 0.2) is 48.5 Å². The summed E-state index contributed by atoms with van der Waals surface area (Å²) >= 11 is 0. The molecule has 2 aromatic rings. The number of carbonyl (C=O) groups is 3. The molecule has 0 unspecified atom stereocenters. The van der Waals surface area contributed by atoms with E-state index in [-0.39, 0.29) is 36.6 Å². The molecular weight excluding hydrogens is 330 g/mol. The molecule has 26 heavy (non-hydrogen) atoms. The summed E-state index contributed by atoms with van der Waals surface area (Å²) in [5.41, 5.74) is 6.08. The highest BCUT2D eigenvalue weighted by molar-refractivity contribution is 6.01. The van der Waals surface area contributed by atoms with Gasteiger partial charge in [0.25, 0.3) is 5.91 Å². The number of amides is 3. The Labute approximate surface area is 151 Å². The van der Waals surface area contributed by atoms with Gasteiger partial charge in [-0.25, -0.2) is 5.01 Å². The van der Waals surface area contributed by atoms with E-state index in [9.17, 15) is 14.4 Å². The third-order valence-corrected chi connectivity index (χ3v) is 4.88. The molecule has 0 spiro atoms. The molecule has 0 bridgehead atoms. The standard InChI is InChI=1S/C20H19N3O3/c24-18-11-12-19(25)23(22-18)15-8-5-14(6-9-15)20(26)21-17-10-7-13-3-1-2-4-16(13)17/h1-6,8-9,17H,7,10-12H2,(H,21,26)(H,22,24)/t17-/m0/s1. The fraction of sp³-hybridized carbons (Fsp3) is 0.250. The van der Waals surface area contributed by atoms with Crippen molar-refractivity contribution in [2.45, 2.75) is 31.7 Å². The summed E-state index contributed by atoms with van der Waals surface area (Å²) in [6.07, 6.45) is 2.27. The van der Waals surface area contributed by atoms with Gasteiger partial charge in [-0.3, -0.25) is 19.8 Å². The van der Waals surface area contributed by atoms with Crippen LogP contribution in [0.25, 0.3) is 0 Å². The molecule has 1 atom stereocenters. The normalized spacial score (nSPS) is 19.1. The average Bonchev–Trinajstić information content (AvgIpc) is 3.07. The second kappa shape index (κ2) is 6.63. The zero-order chi connectivity index (χ0) is 18.1. The smallest absolute Gasteiger partial charge is 0.251 e. The number of benzene rings is 2. The number of nitrogens with one attached hydrogen (secondary N) is 2. The lowest BCUT2D eigenvalue weighted by molar-refractivity contribution is -0.130. The molecule has 6 nitrogen and oxygen atoms in total. The molecule has 0 saturated carbocycles. The first kappa shape index (κ1) is 16.3. The molecule has 3 amide bonds. The van der Waals surface area contributed by atoms with Gasteiger partial charge >= 0.3 is 0 Å². The zero-order valence-electron chi connectivity index (χ0n) is 14.2. The van der Waals surface area contributed by atoms with Gasteiger partial charge in [-0.2, -0.15) is 0 Å². The second-order valence-electron chi connectivity index (χ2n) is 6.57. The maximum absolute atomic E-state index is 12.6.